The van der Waals surface area contributed by atoms with Gasteiger partial charge in [-0.2, -0.15) is 0 Å². The number of anilines is 2. The van der Waals surface area contributed by atoms with Crippen LogP contribution >= 0.6 is 11.6 Å². The van der Waals surface area contributed by atoms with Crippen molar-refractivity contribution in [3.05, 3.63) is 88.4 Å². The fraction of sp³-hybridized carbons (Fsp3) is 0.259. The first-order valence-electron chi connectivity index (χ1n) is 11.0. The standard InChI is InChI=1S/C27H29ClN2O3/c1-17(2)23-9-6-10-24(18(3)4)26(23)30-27(32)19-11-13-22(14-12-19)33-16-25(31)29-21-8-5-7-20(28)15-21/h5-15,17-18H,16H2,1-4H3,(H,29,31)(H,30,32). The first-order chi connectivity index (χ1) is 15.7. The molecule has 0 atom stereocenters. The van der Waals surface area contributed by atoms with Gasteiger partial charge in [0.15, 0.2) is 6.61 Å². The SMILES string of the molecule is CC(C)c1cccc(C(C)C)c1NC(=O)c1ccc(OCC(=O)Nc2cccc(Cl)c2)cc1. The third-order valence-corrected chi connectivity index (χ3v) is 5.44. The van der Waals surface area contributed by atoms with Crippen molar-refractivity contribution in [1.29, 1.82) is 0 Å². The molecular weight excluding hydrogens is 436 g/mol. The van der Waals surface area contributed by atoms with E-state index < -0.39 is 0 Å². The van der Waals surface area contributed by atoms with Crippen LogP contribution in [0, 0.1) is 0 Å². The lowest BCUT2D eigenvalue weighted by Crippen LogP contribution is -2.20. The van der Waals surface area contributed by atoms with Crippen molar-refractivity contribution in [2.75, 3.05) is 17.2 Å². The summed E-state index contributed by atoms with van der Waals surface area (Å²) < 4.78 is 5.55. The fourth-order valence-electron chi connectivity index (χ4n) is 3.50. The number of carbonyl (C=O) groups excluding carboxylic acids is 2. The van der Waals surface area contributed by atoms with E-state index >= 15 is 0 Å². The molecule has 2 N–H and O–H groups in total. The highest BCUT2D eigenvalue weighted by molar-refractivity contribution is 6.30. The van der Waals surface area contributed by atoms with Gasteiger partial charge in [0.2, 0.25) is 0 Å². The van der Waals surface area contributed by atoms with Gasteiger partial charge in [-0.25, -0.2) is 0 Å². The Morgan fingerprint density at radius 2 is 1.45 bits per heavy atom. The molecular formula is C27H29ClN2O3. The minimum absolute atomic E-state index is 0.155. The summed E-state index contributed by atoms with van der Waals surface area (Å²) in [5.74, 6) is 0.583. The molecule has 3 rings (SSSR count). The van der Waals surface area contributed by atoms with Gasteiger partial charge in [-0.15, -0.1) is 0 Å². The second kappa shape index (κ2) is 11.0. The van der Waals surface area contributed by atoms with Crippen molar-refractivity contribution in [2.24, 2.45) is 0 Å². The second-order valence-electron chi connectivity index (χ2n) is 8.45. The number of para-hydroxylation sites is 1. The number of carbonyl (C=O) groups is 2. The van der Waals surface area contributed by atoms with Gasteiger partial charge >= 0.3 is 0 Å². The summed E-state index contributed by atoms with van der Waals surface area (Å²) in [5.41, 5.74) is 4.22. The molecule has 2 amide bonds. The summed E-state index contributed by atoms with van der Waals surface area (Å²) in [6.45, 7) is 8.30. The average molecular weight is 465 g/mol. The Labute approximate surface area is 200 Å². The maximum absolute atomic E-state index is 12.9. The summed E-state index contributed by atoms with van der Waals surface area (Å²) in [5, 5.41) is 6.37. The van der Waals surface area contributed by atoms with Gasteiger partial charge in [0.05, 0.1) is 0 Å². The Kier molecular flexibility index (Phi) is 8.12. The van der Waals surface area contributed by atoms with Crippen molar-refractivity contribution >= 4 is 34.8 Å². The molecule has 0 saturated carbocycles. The van der Waals surface area contributed by atoms with Gasteiger partial charge in [-0.1, -0.05) is 63.6 Å². The fourth-order valence-corrected chi connectivity index (χ4v) is 3.69. The largest absolute Gasteiger partial charge is 0.484 e. The number of benzene rings is 3. The topological polar surface area (TPSA) is 67.4 Å². The molecule has 0 heterocycles. The predicted molar refractivity (Wildman–Crippen MR) is 135 cm³/mol. The zero-order valence-corrected chi connectivity index (χ0v) is 20.1. The number of ether oxygens (including phenoxy) is 1. The number of rotatable bonds is 8. The molecule has 0 saturated heterocycles. The first kappa shape index (κ1) is 24.3. The average Bonchev–Trinajstić information content (AvgIpc) is 2.78. The Balaban J connectivity index is 1.63. The van der Waals surface area contributed by atoms with Crippen LogP contribution in [0.1, 0.15) is 61.0 Å². The number of hydrogen-bond donors (Lipinski definition) is 2. The maximum Gasteiger partial charge on any atom is 0.262 e. The molecule has 5 nitrogen and oxygen atoms in total. The van der Waals surface area contributed by atoms with Crippen molar-refractivity contribution in [3.8, 4) is 5.75 Å². The smallest absolute Gasteiger partial charge is 0.262 e. The highest BCUT2D eigenvalue weighted by Crippen LogP contribution is 2.32. The van der Waals surface area contributed by atoms with Crippen LogP contribution in [0.2, 0.25) is 5.02 Å². The molecule has 0 spiro atoms. The van der Waals surface area contributed by atoms with Gasteiger partial charge in [-0.05, 0) is 65.4 Å². The van der Waals surface area contributed by atoms with E-state index in [1.165, 1.54) is 0 Å². The molecule has 0 aromatic heterocycles. The van der Waals surface area contributed by atoms with E-state index in [-0.39, 0.29) is 30.3 Å². The third-order valence-electron chi connectivity index (χ3n) is 5.21. The molecule has 0 aliphatic rings. The lowest BCUT2D eigenvalue weighted by molar-refractivity contribution is -0.118. The molecule has 0 aliphatic heterocycles. The number of amides is 2. The molecule has 0 bridgehead atoms. The van der Waals surface area contributed by atoms with E-state index in [0.29, 0.717) is 22.0 Å². The highest BCUT2D eigenvalue weighted by atomic mass is 35.5. The molecule has 0 unspecified atom stereocenters. The third kappa shape index (κ3) is 6.59. The van der Waals surface area contributed by atoms with Gasteiger partial charge in [0.25, 0.3) is 11.8 Å². The summed E-state index contributed by atoms with van der Waals surface area (Å²) in [6, 6.07) is 19.8. The Hall–Kier alpha value is -3.31. The van der Waals surface area contributed by atoms with E-state index in [4.69, 9.17) is 16.3 Å². The number of nitrogens with one attached hydrogen (secondary N) is 2. The Bertz CT molecular complexity index is 1100. The lowest BCUT2D eigenvalue weighted by Gasteiger charge is -2.20. The molecule has 3 aromatic carbocycles. The summed E-state index contributed by atoms with van der Waals surface area (Å²) in [4.78, 5) is 25.1. The van der Waals surface area contributed by atoms with Crippen LogP contribution in [0.25, 0.3) is 0 Å². The summed E-state index contributed by atoms with van der Waals surface area (Å²) in [6.07, 6.45) is 0. The molecule has 0 aliphatic carbocycles. The van der Waals surface area contributed by atoms with Crippen LogP contribution in [-0.4, -0.2) is 18.4 Å². The van der Waals surface area contributed by atoms with Gasteiger partial charge in [-0.3, -0.25) is 9.59 Å². The van der Waals surface area contributed by atoms with E-state index in [1.54, 1.807) is 48.5 Å². The van der Waals surface area contributed by atoms with Crippen molar-refractivity contribution in [3.63, 3.8) is 0 Å². The predicted octanol–water partition coefficient (Wildman–Crippen LogP) is 6.86. The van der Waals surface area contributed by atoms with E-state index in [2.05, 4.69) is 50.5 Å². The molecule has 172 valence electrons. The minimum Gasteiger partial charge on any atom is -0.484 e. The normalized spacial score (nSPS) is 10.9. The van der Waals surface area contributed by atoms with Crippen LogP contribution in [0.4, 0.5) is 11.4 Å². The van der Waals surface area contributed by atoms with Crippen LogP contribution in [0.3, 0.4) is 0 Å². The lowest BCUT2D eigenvalue weighted by atomic mass is 9.92. The number of hydrogen-bond acceptors (Lipinski definition) is 3. The monoisotopic (exact) mass is 464 g/mol. The molecule has 0 fully saturated rings. The molecule has 3 aromatic rings. The maximum atomic E-state index is 12.9. The van der Waals surface area contributed by atoms with Crippen molar-refractivity contribution in [2.45, 2.75) is 39.5 Å². The van der Waals surface area contributed by atoms with Crippen molar-refractivity contribution in [1.82, 2.24) is 0 Å². The van der Waals surface area contributed by atoms with Gasteiger partial charge < -0.3 is 15.4 Å². The molecule has 33 heavy (non-hydrogen) atoms. The van der Waals surface area contributed by atoms with E-state index in [1.807, 2.05) is 6.07 Å². The zero-order chi connectivity index (χ0) is 24.0. The van der Waals surface area contributed by atoms with Crippen LogP contribution in [0.15, 0.2) is 66.7 Å². The zero-order valence-electron chi connectivity index (χ0n) is 19.3. The van der Waals surface area contributed by atoms with Crippen molar-refractivity contribution < 1.29 is 14.3 Å². The summed E-state index contributed by atoms with van der Waals surface area (Å²) in [7, 11) is 0. The van der Waals surface area contributed by atoms with Crippen LogP contribution < -0.4 is 15.4 Å². The molecule has 0 radical (unpaired) electrons. The second-order valence-corrected chi connectivity index (χ2v) is 8.88. The Morgan fingerprint density at radius 3 is 2.03 bits per heavy atom. The minimum atomic E-state index is -0.300. The van der Waals surface area contributed by atoms with E-state index in [0.717, 1.165) is 16.8 Å². The number of halogens is 1. The first-order valence-corrected chi connectivity index (χ1v) is 11.3. The van der Waals surface area contributed by atoms with Gasteiger partial charge in [0.1, 0.15) is 5.75 Å². The van der Waals surface area contributed by atoms with Crippen LogP contribution in [0.5, 0.6) is 5.75 Å². The van der Waals surface area contributed by atoms with E-state index in [9.17, 15) is 9.59 Å². The summed E-state index contributed by atoms with van der Waals surface area (Å²) >= 11 is 5.93. The van der Waals surface area contributed by atoms with Gasteiger partial charge in [0, 0.05) is 22.0 Å². The molecule has 6 heteroatoms. The highest BCUT2D eigenvalue weighted by Gasteiger charge is 2.17. The van der Waals surface area contributed by atoms with Crippen LogP contribution in [-0.2, 0) is 4.79 Å². The quantitative estimate of drug-likeness (QED) is 0.382. The Morgan fingerprint density at radius 1 is 0.848 bits per heavy atom.